The van der Waals surface area contributed by atoms with Gasteiger partial charge in [0.05, 0.1) is 11.7 Å². The number of esters is 1. The maximum atomic E-state index is 13.0. The molecule has 8 nitrogen and oxygen atoms in total. The van der Waals surface area contributed by atoms with Crippen LogP contribution in [0.4, 0.5) is 14.5 Å². The van der Waals surface area contributed by atoms with Gasteiger partial charge < -0.3 is 29.0 Å². The van der Waals surface area contributed by atoms with Gasteiger partial charge in [0.25, 0.3) is 5.91 Å². The van der Waals surface area contributed by atoms with Crippen LogP contribution in [0.15, 0.2) is 42.5 Å². The minimum atomic E-state index is -3.74. The number of carbonyl (C=O) groups excluding carboxylic acids is 2. The molecule has 0 aromatic heterocycles. The molecule has 2 aliphatic rings. The average molecular weight is 435 g/mol. The lowest BCUT2D eigenvalue weighted by Crippen LogP contribution is -2.25. The number of alkyl halides is 2. The van der Waals surface area contributed by atoms with Gasteiger partial charge in [-0.05, 0) is 49.2 Å². The minimum Gasteiger partial charge on any atom is -0.491 e. The standard InChI is InChI=1S/C21H19F2NO7/c22-21(23)30-17-8-5-14(10-18(17)31-21)24-19(25)12-29-20(26)13-3-6-15(7-4-13)28-11-16-2-1-9-27-16/h3-8,10,16H,1-2,9,11-12H2,(H,24,25). The molecule has 1 amide bonds. The Balaban J connectivity index is 1.23. The number of nitrogens with one attached hydrogen (secondary N) is 1. The van der Waals surface area contributed by atoms with E-state index in [1.54, 1.807) is 12.1 Å². The second-order valence-electron chi connectivity index (χ2n) is 6.92. The van der Waals surface area contributed by atoms with Crippen LogP contribution in [0, 0.1) is 0 Å². The molecule has 1 N–H and O–H groups in total. The molecule has 1 fully saturated rings. The summed E-state index contributed by atoms with van der Waals surface area (Å²) in [6.07, 6.45) is -1.67. The molecule has 2 aromatic carbocycles. The van der Waals surface area contributed by atoms with Crippen LogP contribution in [0.5, 0.6) is 17.2 Å². The lowest BCUT2D eigenvalue weighted by Gasteiger charge is -2.11. The van der Waals surface area contributed by atoms with Crippen molar-refractivity contribution in [3.63, 3.8) is 0 Å². The van der Waals surface area contributed by atoms with Crippen LogP contribution in [-0.2, 0) is 14.3 Å². The van der Waals surface area contributed by atoms with Crippen LogP contribution in [0.25, 0.3) is 0 Å². The summed E-state index contributed by atoms with van der Waals surface area (Å²) in [4.78, 5) is 24.1. The Labute approximate surface area is 176 Å². The van der Waals surface area contributed by atoms with E-state index in [9.17, 15) is 18.4 Å². The first kappa shape index (κ1) is 20.9. The molecule has 0 aliphatic carbocycles. The molecular formula is C21H19F2NO7. The van der Waals surface area contributed by atoms with Crippen molar-refractivity contribution in [2.75, 3.05) is 25.1 Å². The van der Waals surface area contributed by atoms with E-state index >= 15 is 0 Å². The number of anilines is 1. The molecule has 1 saturated heterocycles. The summed E-state index contributed by atoms with van der Waals surface area (Å²) in [5, 5.41) is 2.43. The van der Waals surface area contributed by atoms with Crippen molar-refractivity contribution in [3.05, 3.63) is 48.0 Å². The number of hydrogen-bond donors (Lipinski definition) is 1. The molecule has 31 heavy (non-hydrogen) atoms. The Morgan fingerprint density at radius 3 is 2.61 bits per heavy atom. The first-order chi connectivity index (χ1) is 14.9. The van der Waals surface area contributed by atoms with E-state index in [0.717, 1.165) is 19.4 Å². The molecule has 0 bridgehead atoms. The maximum absolute atomic E-state index is 13.0. The third-order valence-corrected chi connectivity index (χ3v) is 4.57. The first-order valence-corrected chi connectivity index (χ1v) is 9.59. The second-order valence-corrected chi connectivity index (χ2v) is 6.92. The summed E-state index contributed by atoms with van der Waals surface area (Å²) in [6.45, 7) is 0.638. The van der Waals surface area contributed by atoms with Gasteiger partial charge in [0.15, 0.2) is 18.1 Å². The predicted molar refractivity (Wildman–Crippen MR) is 102 cm³/mol. The zero-order valence-electron chi connectivity index (χ0n) is 16.3. The largest absolute Gasteiger partial charge is 0.586 e. The molecule has 1 atom stereocenters. The number of halogens is 2. The Bertz CT molecular complexity index is 959. The highest BCUT2D eigenvalue weighted by molar-refractivity contribution is 5.95. The fourth-order valence-electron chi connectivity index (χ4n) is 3.09. The third kappa shape index (κ3) is 5.40. The lowest BCUT2D eigenvalue weighted by molar-refractivity contribution is -0.286. The molecule has 4 rings (SSSR count). The second kappa shape index (κ2) is 8.76. The minimum absolute atomic E-state index is 0.0874. The van der Waals surface area contributed by atoms with Gasteiger partial charge in [-0.1, -0.05) is 0 Å². The highest BCUT2D eigenvalue weighted by Crippen LogP contribution is 2.42. The van der Waals surface area contributed by atoms with Crippen LogP contribution in [0.1, 0.15) is 23.2 Å². The fraction of sp³-hybridized carbons (Fsp3) is 0.333. The molecular weight excluding hydrogens is 416 g/mol. The van der Waals surface area contributed by atoms with Crippen LogP contribution in [0.3, 0.4) is 0 Å². The lowest BCUT2D eigenvalue weighted by atomic mass is 10.2. The number of rotatable bonds is 7. The summed E-state index contributed by atoms with van der Waals surface area (Å²) in [6, 6.07) is 10.1. The van der Waals surface area contributed by atoms with E-state index < -0.39 is 24.8 Å². The van der Waals surface area contributed by atoms with Crippen LogP contribution >= 0.6 is 0 Å². The van der Waals surface area contributed by atoms with Crippen LogP contribution < -0.4 is 19.5 Å². The van der Waals surface area contributed by atoms with Crippen molar-refractivity contribution in [2.24, 2.45) is 0 Å². The van der Waals surface area contributed by atoms with Gasteiger partial charge in [0, 0.05) is 18.4 Å². The smallest absolute Gasteiger partial charge is 0.491 e. The normalized spacial score (nSPS) is 18.5. The molecule has 0 saturated carbocycles. The van der Waals surface area contributed by atoms with E-state index in [-0.39, 0.29) is 28.9 Å². The molecule has 0 radical (unpaired) electrons. The number of carbonyl (C=O) groups is 2. The van der Waals surface area contributed by atoms with Crippen molar-refractivity contribution in [3.8, 4) is 17.2 Å². The monoisotopic (exact) mass is 435 g/mol. The quantitative estimate of drug-likeness (QED) is 0.667. The number of ether oxygens (including phenoxy) is 5. The molecule has 2 aliphatic heterocycles. The molecule has 2 heterocycles. The first-order valence-electron chi connectivity index (χ1n) is 9.59. The third-order valence-electron chi connectivity index (χ3n) is 4.57. The van der Waals surface area contributed by atoms with Gasteiger partial charge in [-0.2, -0.15) is 0 Å². The Morgan fingerprint density at radius 1 is 1.10 bits per heavy atom. The highest BCUT2D eigenvalue weighted by atomic mass is 19.3. The van der Waals surface area contributed by atoms with Gasteiger partial charge in [-0.25, -0.2) is 4.79 Å². The van der Waals surface area contributed by atoms with Crippen LogP contribution in [0.2, 0.25) is 0 Å². The summed E-state index contributed by atoms with van der Waals surface area (Å²) < 4.78 is 50.8. The van der Waals surface area contributed by atoms with Crippen molar-refractivity contribution < 1.29 is 42.1 Å². The van der Waals surface area contributed by atoms with Gasteiger partial charge in [0.1, 0.15) is 12.4 Å². The van der Waals surface area contributed by atoms with E-state index in [1.165, 1.54) is 30.3 Å². The van der Waals surface area contributed by atoms with E-state index in [4.69, 9.17) is 14.2 Å². The molecule has 1 unspecified atom stereocenters. The number of amides is 1. The van der Waals surface area contributed by atoms with Gasteiger partial charge in [0.2, 0.25) is 0 Å². The Hall–Kier alpha value is -3.40. The van der Waals surface area contributed by atoms with E-state index in [1.807, 2.05) is 0 Å². The van der Waals surface area contributed by atoms with Crippen molar-refractivity contribution in [1.82, 2.24) is 0 Å². The van der Waals surface area contributed by atoms with Crippen LogP contribution in [-0.4, -0.2) is 44.1 Å². The molecule has 0 spiro atoms. The van der Waals surface area contributed by atoms with Crippen molar-refractivity contribution in [2.45, 2.75) is 25.2 Å². The highest BCUT2D eigenvalue weighted by Gasteiger charge is 2.43. The van der Waals surface area contributed by atoms with Gasteiger partial charge >= 0.3 is 12.3 Å². The van der Waals surface area contributed by atoms with Gasteiger partial charge in [-0.15, -0.1) is 8.78 Å². The van der Waals surface area contributed by atoms with E-state index in [2.05, 4.69) is 14.8 Å². The molecule has 164 valence electrons. The SMILES string of the molecule is O=C(COC(=O)c1ccc(OCC2CCCO2)cc1)Nc1ccc2c(c1)OC(F)(F)O2. The van der Waals surface area contributed by atoms with E-state index in [0.29, 0.717) is 12.4 Å². The van der Waals surface area contributed by atoms with Crippen molar-refractivity contribution in [1.29, 1.82) is 0 Å². The molecule has 10 heteroatoms. The summed E-state index contributed by atoms with van der Waals surface area (Å²) in [5.74, 6) is -1.08. The van der Waals surface area contributed by atoms with Crippen molar-refractivity contribution >= 4 is 17.6 Å². The number of benzene rings is 2. The number of hydrogen-bond acceptors (Lipinski definition) is 7. The maximum Gasteiger partial charge on any atom is 0.586 e. The summed E-state index contributed by atoms with van der Waals surface area (Å²) in [5.41, 5.74) is 0.441. The fourth-order valence-corrected chi connectivity index (χ4v) is 3.09. The summed E-state index contributed by atoms with van der Waals surface area (Å²) in [7, 11) is 0. The molecule has 2 aromatic rings. The zero-order valence-corrected chi connectivity index (χ0v) is 16.3. The Morgan fingerprint density at radius 2 is 1.87 bits per heavy atom. The summed E-state index contributed by atoms with van der Waals surface area (Å²) >= 11 is 0. The topological polar surface area (TPSA) is 92.3 Å². The number of fused-ring (bicyclic) bond motifs is 1. The zero-order chi connectivity index (χ0) is 21.8. The predicted octanol–water partition coefficient (Wildman–Crippen LogP) is 3.36. The Kier molecular flexibility index (Phi) is 5.90. The average Bonchev–Trinajstić information content (AvgIpc) is 3.36. The van der Waals surface area contributed by atoms with Gasteiger partial charge in [-0.3, -0.25) is 4.79 Å².